The second kappa shape index (κ2) is 5.79. The topological polar surface area (TPSA) is 26.0 Å². The lowest BCUT2D eigenvalue weighted by molar-refractivity contribution is 0.264. The first-order valence-corrected chi connectivity index (χ1v) is 6.13. The molecule has 0 aromatic heterocycles. The van der Waals surface area contributed by atoms with Gasteiger partial charge in [-0.15, -0.1) is 12.4 Å². The number of nitrogens with two attached hydrogens (primary N) is 1. The van der Waals surface area contributed by atoms with Gasteiger partial charge in [-0.1, -0.05) is 41.2 Å². The summed E-state index contributed by atoms with van der Waals surface area (Å²) in [6.07, 6.45) is 3.59. The standard InChI is InChI=1S/C11H12Cl3N.ClH/c12-7-4-8(10(14)9(13)5-7)11(15)6-2-1-3-6;/h4-6,11H,1-3,15H2;1H/t11-;/m0./s1. The van der Waals surface area contributed by atoms with Crippen LogP contribution in [-0.4, -0.2) is 0 Å². The number of benzene rings is 1. The number of hydrogen-bond donors (Lipinski definition) is 1. The fourth-order valence-electron chi connectivity index (χ4n) is 1.87. The van der Waals surface area contributed by atoms with Gasteiger partial charge in [-0.3, -0.25) is 0 Å². The van der Waals surface area contributed by atoms with Gasteiger partial charge < -0.3 is 5.73 Å². The van der Waals surface area contributed by atoms with E-state index in [0.717, 1.165) is 5.56 Å². The molecular formula is C11H13Cl4N. The number of hydrogen-bond acceptors (Lipinski definition) is 1. The molecule has 1 aromatic rings. The second-order valence-electron chi connectivity index (χ2n) is 4.01. The molecule has 0 spiro atoms. The summed E-state index contributed by atoms with van der Waals surface area (Å²) < 4.78 is 0. The molecule has 1 aliphatic rings. The Morgan fingerprint density at radius 3 is 2.31 bits per heavy atom. The van der Waals surface area contributed by atoms with Gasteiger partial charge in [0.25, 0.3) is 0 Å². The normalized spacial score (nSPS) is 17.5. The average molecular weight is 301 g/mol. The van der Waals surface area contributed by atoms with Gasteiger partial charge in [0.1, 0.15) is 0 Å². The fourth-order valence-corrected chi connectivity index (χ4v) is 2.62. The zero-order valence-electron chi connectivity index (χ0n) is 8.55. The third-order valence-electron chi connectivity index (χ3n) is 3.04. The van der Waals surface area contributed by atoms with Crippen molar-refractivity contribution in [2.45, 2.75) is 25.3 Å². The molecule has 5 heteroatoms. The van der Waals surface area contributed by atoms with E-state index in [1.807, 2.05) is 6.07 Å². The molecule has 0 aliphatic heterocycles. The highest BCUT2D eigenvalue weighted by molar-refractivity contribution is 6.43. The van der Waals surface area contributed by atoms with Crippen molar-refractivity contribution in [2.24, 2.45) is 11.7 Å². The van der Waals surface area contributed by atoms with Gasteiger partial charge in [0.05, 0.1) is 10.0 Å². The van der Waals surface area contributed by atoms with Crippen molar-refractivity contribution in [3.8, 4) is 0 Å². The molecule has 0 amide bonds. The summed E-state index contributed by atoms with van der Waals surface area (Å²) in [4.78, 5) is 0. The van der Waals surface area contributed by atoms with E-state index < -0.39 is 0 Å². The SMILES string of the molecule is Cl.N[C@H](c1cc(Cl)cc(Cl)c1Cl)C1CCC1. The van der Waals surface area contributed by atoms with Crippen molar-refractivity contribution in [1.82, 2.24) is 0 Å². The highest BCUT2D eigenvalue weighted by atomic mass is 35.5. The van der Waals surface area contributed by atoms with Crippen molar-refractivity contribution >= 4 is 47.2 Å². The minimum Gasteiger partial charge on any atom is -0.324 e. The predicted octanol–water partition coefficient (Wildman–Crippen LogP) is 4.87. The van der Waals surface area contributed by atoms with Crippen LogP contribution in [0.5, 0.6) is 0 Å². The zero-order chi connectivity index (χ0) is 11.0. The summed E-state index contributed by atoms with van der Waals surface area (Å²) in [5.41, 5.74) is 7.01. The molecule has 2 N–H and O–H groups in total. The third-order valence-corrected chi connectivity index (χ3v) is 4.07. The predicted molar refractivity (Wildman–Crippen MR) is 73.0 cm³/mol. The quantitative estimate of drug-likeness (QED) is 0.775. The van der Waals surface area contributed by atoms with Crippen LogP contribution in [0.2, 0.25) is 15.1 Å². The highest BCUT2D eigenvalue weighted by Gasteiger charge is 2.27. The molecule has 0 heterocycles. The summed E-state index contributed by atoms with van der Waals surface area (Å²) in [5.74, 6) is 0.525. The highest BCUT2D eigenvalue weighted by Crippen LogP contribution is 2.41. The van der Waals surface area contributed by atoms with Crippen molar-refractivity contribution in [3.63, 3.8) is 0 Å². The molecule has 1 saturated carbocycles. The van der Waals surface area contributed by atoms with Crippen LogP contribution in [-0.2, 0) is 0 Å². The molecule has 90 valence electrons. The molecule has 1 fully saturated rings. The van der Waals surface area contributed by atoms with Gasteiger partial charge >= 0.3 is 0 Å². The summed E-state index contributed by atoms with van der Waals surface area (Å²) in [5, 5.41) is 1.61. The van der Waals surface area contributed by atoms with E-state index >= 15 is 0 Å². The first-order chi connectivity index (χ1) is 7.09. The number of halogens is 4. The maximum absolute atomic E-state index is 6.14. The smallest absolute Gasteiger partial charge is 0.0641 e. The van der Waals surface area contributed by atoms with Gasteiger partial charge in [0.15, 0.2) is 0 Å². The Morgan fingerprint density at radius 1 is 1.19 bits per heavy atom. The lowest BCUT2D eigenvalue weighted by Crippen LogP contribution is -2.27. The molecule has 0 saturated heterocycles. The maximum Gasteiger partial charge on any atom is 0.0641 e. The van der Waals surface area contributed by atoms with Crippen molar-refractivity contribution < 1.29 is 0 Å². The van der Waals surface area contributed by atoms with Gasteiger partial charge in [0.2, 0.25) is 0 Å². The minimum absolute atomic E-state index is 0. The van der Waals surface area contributed by atoms with Crippen LogP contribution >= 0.6 is 47.2 Å². The van der Waals surface area contributed by atoms with E-state index in [1.54, 1.807) is 6.07 Å². The Bertz CT molecular complexity index is 376. The molecule has 16 heavy (non-hydrogen) atoms. The van der Waals surface area contributed by atoms with Crippen molar-refractivity contribution in [3.05, 3.63) is 32.8 Å². The fraction of sp³-hybridized carbons (Fsp3) is 0.455. The van der Waals surface area contributed by atoms with Gasteiger partial charge in [-0.05, 0) is 36.5 Å². The Morgan fingerprint density at radius 2 is 1.81 bits per heavy atom. The lowest BCUT2D eigenvalue weighted by atomic mass is 9.77. The van der Waals surface area contributed by atoms with Crippen LogP contribution in [0.4, 0.5) is 0 Å². The molecule has 1 aromatic carbocycles. The molecule has 0 radical (unpaired) electrons. The zero-order valence-corrected chi connectivity index (χ0v) is 11.6. The molecule has 1 atom stereocenters. The Balaban J connectivity index is 0.00000128. The Labute approximate surface area is 117 Å². The van der Waals surface area contributed by atoms with Crippen molar-refractivity contribution in [1.29, 1.82) is 0 Å². The lowest BCUT2D eigenvalue weighted by Gasteiger charge is -2.32. The van der Waals surface area contributed by atoms with Gasteiger partial charge in [-0.25, -0.2) is 0 Å². The monoisotopic (exact) mass is 299 g/mol. The summed E-state index contributed by atoms with van der Waals surface area (Å²) in [7, 11) is 0. The third kappa shape index (κ3) is 2.77. The average Bonchev–Trinajstić information content (AvgIpc) is 2.08. The number of rotatable bonds is 2. The first kappa shape index (κ1) is 14.4. The Hall–Kier alpha value is 0.340. The maximum atomic E-state index is 6.14. The second-order valence-corrected chi connectivity index (χ2v) is 5.23. The summed E-state index contributed by atoms with van der Waals surface area (Å²) in [6.45, 7) is 0. The summed E-state index contributed by atoms with van der Waals surface area (Å²) in [6, 6.07) is 3.42. The molecular weight excluding hydrogens is 288 g/mol. The van der Waals surface area contributed by atoms with E-state index in [1.165, 1.54) is 19.3 Å². The van der Waals surface area contributed by atoms with Crippen LogP contribution in [0.1, 0.15) is 30.9 Å². The molecule has 1 aliphatic carbocycles. The van der Waals surface area contributed by atoms with Crippen molar-refractivity contribution in [2.75, 3.05) is 0 Å². The molecule has 2 rings (SSSR count). The van der Waals surface area contributed by atoms with Crippen LogP contribution in [0.25, 0.3) is 0 Å². The van der Waals surface area contributed by atoms with E-state index in [9.17, 15) is 0 Å². The summed E-state index contributed by atoms with van der Waals surface area (Å²) >= 11 is 18.0. The van der Waals surface area contributed by atoms with Crippen LogP contribution in [0.15, 0.2) is 12.1 Å². The van der Waals surface area contributed by atoms with Crippen LogP contribution in [0, 0.1) is 5.92 Å². The van der Waals surface area contributed by atoms with E-state index in [2.05, 4.69) is 0 Å². The van der Waals surface area contributed by atoms with E-state index in [-0.39, 0.29) is 18.4 Å². The Kier molecular flexibility index (Phi) is 5.21. The molecule has 0 unspecified atom stereocenters. The van der Waals surface area contributed by atoms with E-state index in [0.29, 0.717) is 21.0 Å². The minimum atomic E-state index is -0.0394. The molecule has 1 nitrogen and oxygen atoms in total. The first-order valence-electron chi connectivity index (χ1n) is 4.99. The van der Waals surface area contributed by atoms with Gasteiger partial charge in [0, 0.05) is 11.1 Å². The van der Waals surface area contributed by atoms with Crippen LogP contribution < -0.4 is 5.73 Å². The molecule has 0 bridgehead atoms. The largest absolute Gasteiger partial charge is 0.324 e. The van der Waals surface area contributed by atoms with Crippen LogP contribution in [0.3, 0.4) is 0 Å². The van der Waals surface area contributed by atoms with Gasteiger partial charge in [-0.2, -0.15) is 0 Å². The van der Waals surface area contributed by atoms with E-state index in [4.69, 9.17) is 40.5 Å².